The average Bonchev–Trinajstić information content (AvgIpc) is 2.74. The summed E-state index contributed by atoms with van der Waals surface area (Å²) < 4.78 is 1.05. The number of rotatable bonds is 4. The van der Waals surface area contributed by atoms with Crippen LogP contribution in [0.5, 0.6) is 0 Å². The molecule has 3 nitrogen and oxygen atoms in total. The minimum atomic E-state index is 0.412. The van der Waals surface area contributed by atoms with Gasteiger partial charge in [0.2, 0.25) is 0 Å². The molecule has 0 radical (unpaired) electrons. The lowest BCUT2D eigenvalue weighted by Crippen LogP contribution is -2.09. The van der Waals surface area contributed by atoms with Gasteiger partial charge in [0, 0.05) is 22.3 Å². The first-order chi connectivity index (χ1) is 9.04. The molecule has 0 atom stereocenters. The number of hydrogen-bond acceptors (Lipinski definition) is 4. The van der Waals surface area contributed by atoms with Gasteiger partial charge in [0.25, 0.3) is 0 Å². The lowest BCUT2D eigenvalue weighted by Gasteiger charge is -2.16. The minimum Gasteiger partial charge on any atom is -0.370 e. The third-order valence-electron chi connectivity index (χ3n) is 2.88. The maximum atomic E-state index is 4.71. The van der Waals surface area contributed by atoms with Crippen molar-refractivity contribution in [1.82, 2.24) is 9.97 Å². The Kier molecular flexibility index (Phi) is 4.58. The maximum Gasteiger partial charge on any atom is 0.173 e. The molecule has 0 spiro atoms. The van der Waals surface area contributed by atoms with Crippen LogP contribution in [0.3, 0.4) is 0 Å². The van der Waals surface area contributed by atoms with Gasteiger partial charge >= 0.3 is 0 Å². The lowest BCUT2D eigenvalue weighted by molar-refractivity contribution is 0.831. The molecular weight excluding hydrogens is 322 g/mol. The monoisotopic (exact) mass is 339 g/mol. The molecular formula is C14H18BrN3S. The van der Waals surface area contributed by atoms with Gasteiger partial charge in [-0.3, -0.25) is 0 Å². The Labute approximate surface area is 126 Å². The van der Waals surface area contributed by atoms with E-state index in [9.17, 15) is 0 Å². The molecule has 0 bridgehead atoms. The normalized spacial score (nSPS) is 11.1. The summed E-state index contributed by atoms with van der Waals surface area (Å²) in [6, 6.07) is 2.03. The molecule has 2 rings (SSSR count). The number of aromatic nitrogens is 2. The van der Waals surface area contributed by atoms with Gasteiger partial charge in [0.05, 0.1) is 4.88 Å². The highest BCUT2D eigenvalue weighted by atomic mass is 79.9. The smallest absolute Gasteiger partial charge is 0.173 e. The van der Waals surface area contributed by atoms with Crippen LogP contribution in [0.4, 0.5) is 5.82 Å². The van der Waals surface area contributed by atoms with Crippen molar-refractivity contribution in [1.29, 1.82) is 0 Å². The number of nitrogens with one attached hydrogen (secondary N) is 1. The quantitative estimate of drug-likeness (QED) is 0.866. The first kappa shape index (κ1) is 14.5. The van der Waals surface area contributed by atoms with Crippen LogP contribution in [-0.4, -0.2) is 16.5 Å². The van der Waals surface area contributed by atoms with Crippen molar-refractivity contribution in [2.24, 2.45) is 0 Å². The first-order valence-electron chi connectivity index (χ1n) is 6.40. The van der Waals surface area contributed by atoms with Crippen molar-refractivity contribution in [3.05, 3.63) is 27.2 Å². The summed E-state index contributed by atoms with van der Waals surface area (Å²) in [6.07, 6.45) is 0. The fourth-order valence-corrected chi connectivity index (χ4v) is 3.61. The Hall–Kier alpha value is -0.940. The largest absolute Gasteiger partial charge is 0.370 e. The van der Waals surface area contributed by atoms with E-state index in [1.54, 1.807) is 11.3 Å². The van der Waals surface area contributed by atoms with Gasteiger partial charge in [-0.25, -0.2) is 9.97 Å². The molecule has 0 aliphatic rings. The first-order valence-corrected chi connectivity index (χ1v) is 8.07. The molecule has 0 aromatic carbocycles. The zero-order valence-corrected chi connectivity index (χ0v) is 14.0. The van der Waals surface area contributed by atoms with E-state index < -0.39 is 0 Å². The molecule has 19 heavy (non-hydrogen) atoms. The highest BCUT2D eigenvalue weighted by molar-refractivity contribution is 9.10. The molecule has 5 heteroatoms. The standard InChI is InChI=1S/C14H18BrN3S/c1-5-16-13-11(8(2)3)9(4)17-14(18-13)12-10(15)6-7-19-12/h6-8H,5H2,1-4H3,(H,16,17,18). The predicted octanol–water partition coefficient (Wildman–Crippen LogP) is 4.83. The molecule has 0 saturated carbocycles. The van der Waals surface area contributed by atoms with Crippen molar-refractivity contribution in [2.45, 2.75) is 33.6 Å². The van der Waals surface area contributed by atoms with Crippen LogP contribution in [0.2, 0.25) is 0 Å². The van der Waals surface area contributed by atoms with Crippen LogP contribution in [0.25, 0.3) is 10.7 Å². The molecule has 0 aliphatic heterocycles. The number of thiophene rings is 1. The Morgan fingerprint density at radius 3 is 2.63 bits per heavy atom. The van der Waals surface area contributed by atoms with Crippen molar-refractivity contribution in [3.63, 3.8) is 0 Å². The predicted molar refractivity (Wildman–Crippen MR) is 86.0 cm³/mol. The number of halogens is 1. The maximum absolute atomic E-state index is 4.71. The third-order valence-corrected chi connectivity index (χ3v) is 4.71. The van der Waals surface area contributed by atoms with Crippen molar-refractivity contribution < 1.29 is 0 Å². The molecule has 102 valence electrons. The Morgan fingerprint density at radius 2 is 2.11 bits per heavy atom. The van der Waals surface area contributed by atoms with E-state index in [1.165, 1.54) is 5.56 Å². The highest BCUT2D eigenvalue weighted by Gasteiger charge is 2.16. The van der Waals surface area contributed by atoms with Gasteiger partial charge in [0.1, 0.15) is 5.82 Å². The van der Waals surface area contributed by atoms with E-state index >= 15 is 0 Å². The fraction of sp³-hybridized carbons (Fsp3) is 0.429. The molecule has 0 fully saturated rings. The van der Waals surface area contributed by atoms with Crippen LogP contribution in [0, 0.1) is 6.92 Å². The lowest BCUT2D eigenvalue weighted by atomic mass is 10.0. The van der Waals surface area contributed by atoms with Crippen molar-refractivity contribution >= 4 is 33.1 Å². The summed E-state index contributed by atoms with van der Waals surface area (Å²) in [5, 5.41) is 5.40. The summed E-state index contributed by atoms with van der Waals surface area (Å²) in [5.74, 6) is 2.16. The van der Waals surface area contributed by atoms with Crippen LogP contribution in [0.15, 0.2) is 15.9 Å². The minimum absolute atomic E-state index is 0.412. The van der Waals surface area contributed by atoms with E-state index in [-0.39, 0.29) is 0 Å². The zero-order chi connectivity index (χ0) is 14.0. The van der Waals surface area contributed by atoms with E-state index in [1.807, 2.05) is 11.4 Å². The third kappa shape index (κ3) is 2.98. The summed E-state index contributed by atoms with van der Waals surface area (Å²) in [5.41, 5.74) is 2.26. The summed E-state index contributed by atoms with van der Waals surface area (Å²) in [6.45, 7) is 9.35. The molecule has 2 heterocycles. The molecule has 0 saturated heterocycles. The van der Waals surface area contributed by atoms with Gasteiger partial charge in [0.15, 0.2) is 5.82 Å². The zero-order valence-electron chi connectivity index (χ0n) is 11.6. The van der Waals surface area contributed by atoms with Gasteiger partial charge in [-0.15, -0.1) is 11.3 Å². The number of anilines is 1. The Balaban J connectivity index is 2.57. The van der Waals surface area contributed by atoms with Gasteiger partial charge < -0.3 is 5.32 Å². The van der Waals surface area contributed by atoms with Gasteiger partial charge in [-0.2, -0.15) is 0 Å². The highest BCUT2D eigenvalue weighted by Crippen LogP contribution is 2.34. The number of hydrogen-bond donors (Lipinski definition) is 1. The Bertz CT molecular complexity index is 578. The van der Waals surface area contributed by atoms with Crippen LogP contribution in [-0.2, 0) is 0 Å². The SMILES string of the molecule is CCNc1nc(-c2sccc2Br)nc(C)c1C(C)C. The molecule has 2 aromatic rings. The summed E-state index contributed by atoms with van der Waals surface area (Å²) >= 11 is 5.20. The van der Waals surface area contributed by atoms with Crippen molar-refractivity contribution in [2.75, 3.05) is 11.9 Å². The second-order valence-electron chi connectivity index (χ2n) is 4.68. The van der Waals surface area contributed by atoms with E-state index in [0.717, 1.165) is 33.2 Å². The van der Waals surface area contributed by atoms with Gasteiger partial charge in [-0.05, 0) is 47.1 Å². The Morgan fingerprint density at radius 1 is 1.37 bits per heavy atom. The molecule has 1 N–H and O–H groups in total. The van der Waals surface area contributed by atoms with Crippen LogP contribution < -0.4 is 5.32 Å². The number of nitrogens with zero attached hydrogens (tertiary/aromatic N) is 2. The molecule has 2 aromatic heterocycles. The second kappa shape index (κ2) is 6.01. The molecule has 0 amide bonds. The molecule has 0 aliphatic carbocycles. The fourth-order valence-electron chi connectivity index (χ4n) is 2.13. The van der Waals surface area contributed by atoms with E-state index in [0.29, 0.717) is 5.92 Å². The van der Waals surface area contributed by atoms with E-state index in [2.05, 4.69) is 53.9 Å². The summed E-state index contributed by atoms with van der Waals surface area (Å²) in [7, 11) is 0. The van der Waals surface area contributed by atoms with Crippen molar-refractivity contribution in [3.8, 4) is 10.7 Å². The second-order valence-corrected chi connectivity index (χ2v) is 6.45. The van der Waals surface area contributed by atoms with Crippen LogP contribution in [0.1, 0.15) is 37.9 Å². The summed E-state index contributed by atoms with van der Waals surface area (Å²) in [4.78, 5) is 10.5. The van der Waals surface area contributed by atoms with Crippen LogP contribution >= 0.6 is 27.3 Å². The van der Waals surface area contributed by atoms with Gasteiger partial charge in [-0.1, -0.05) is 13.8 Å². The average molecular weight is 340 g/mol. The van der Waals surface area contributed by atoms with E-state index in [4.69, 9.17) is 4.98 Å². The molecule has 0 unspecified atom stereocenters. The number of aryl methyl sites for hydroxylation is 1. The topological polar surface area (TPSA) is 37.8 Å².